The van der Waals surface area contributed by atoms with Crippen LogP contribution in [0.5, 0.6) is 5.88 Å². The van der Waals surface area contributed by atoms with E-state index in [0.717, 1.165) is 5.56 Å². The molecule has 3 atom stereocenters. The number of nitrogens with zero attached hydrogens (tertiary/aromatic N) is 4. The van der Waals surface area contributed by atoms with Gasteiger partial charge in [0.25, 0.3) is 0 Å². The van der Waals surface area contributed by atoms with Gasteiger partial charge in [-0.25, -0.2) is 19.3 Å². The molecule has 5 rings (SSSR count). The predicted molar refractivity (Wildman–Crippen MR) is 137 cm³/mol. The summed E-state index contributed by atoms with van der Waals surface area (Å²) >= 11 is 0. The molecule has 2 aromatic heterocycles. The minimum atomic E-state index is -0.452. The highest BCUT2D eigenvalue weighted by atomic mass is 19.1. The number of hydrogen-bond acceptors (Lipinski definition) is 10. The molecule has 12 heteroatoms. The van der Waals surface area contributed by atoms with E-state index in [1.54, 1.807) is 24.3 Å². The van der Waals surface area contributed by atoms with E-state index in [1.165, 1.54) is 26.4 Å². The molecule has 1 saturated heterocycles. The van der Waals surface area contributed by atoms with Crippen LogP contribution < -0.4 is 21.1 Å². The quantitative estimate of drug-likeness (QED) is 0.325. The van der Waals surface area contributed by atoms with Crippen LogP contribution in [0.15, 0.2) is 41.6 Å². The summed E-state index contributed by atoms with van der Waals surface area (Å²) in [5.41, 5.74) is 9.95. The number of halogens is 1. The summed E-state index contributed by atoms with van der Waals surface area (Å²) in [4.78, 5) is 31.0. The highest BCUT2D eigenvalue weighted by Gasteiger charge is 2.33. The van der Waals surface area contributed by atoms with Crippen molar-refractivity contribution in [2.24, 2.45) is 5.16 Å². The van der Waals surface area contributed by atoms with Crippen molar-refractivity contribution in [1.29, 1.82) is 0 Å². The van der Waals surface area contributed by atoms with E-state index in [4.69, 9.17) is 20.0 Å². The first kappa shape index (κ1) is 25.3. The number of methoxy groups -OCH3 is 2. The molecule has 2 aliphatic rings. The van der Waals surface area contributed by atoms with Crippen LogP contribution in [0.2, 0.25) is 0 Å². The molecule has 2 unspecified atom stereocenters. The van der Waals surface area contributed by atoms with Crippen LogP contribution in [0.3, 0.4) is 0 Å². The summed E-state index contributed by atoms with van der Waals surface area (Å²) in [6.45, 7) is 2.26. The number of esters is 1. The zero-order valence-electron chi connectivity index (χ0n) is 21.2. The third kappa shape index (κ3) is 5.07. The maximum atomic E-state index is 14.4. The summed E-state index contributed by atoms with van der Waals surface area (Å²) in [6.07, 6.45) is 0.523. The summed E-state index contributed by atoms with van der Waals surface area (Å²) < 4.78 is 24.5. The Hall–Kier alpha value is -4.32. The lowest BCUT2D eigenvalue weighted by atomic mass is 9.90. The monoisotopic (exact) mass is 521 g/mol. The van der Waals surface area contributed by atoms with Gasteiger partial charge >= 0.3 is 5.97 Å². The van der Waals surface area contributed by atoms with Crippen molar-refractivity contribution >= 4 is 17.8 Å². The van der Waals surface area contributed by atoms with Gasteiger partial charge in [-0.15, -0.1) is 0 Å². The average Bonchev–Trinajstić information content (AvgIpc) is 3.40. The number of benzene rings is 1. The Kier molecular flexibility index (Phi) is 7.05. The molecule has 4 N–H and O–H groups in total. The first-order chi connectivity index (χ1) is 18.4. The van der Waals surface area contributed by atoms with E-state index in [1.807, 2.05) is 6.92 Å². The average molecular weight is 522 g/mol. The van der Waals surface area contributed by atoms with Crippen LogP contribution >= 0.6 is 0 Å². The number of carbonyl (C=O) groups is 1. The van der Waals surface area contributed by atoms with Crippen molar-refractivity contribution in [2.75, 3.05) is 26.5 Å². The fourth-order valence-electron chi connectivity index (χ4n) is 4.82. The van der Waals surface area contributed by atoms with Gasteiger partial charge in [0.2, 0.25) is 11.8 Å². The first-order valence-electron chi connectivity index (χ1n) is 12.1. The van der Waals surface area contributed by atoms with E-state index in [2.05, 4.69) is 30.7 Å². The van der Waals surface area contributed by atoms with Gasteiger partial charge in [0.05, 0.1) is 42.9 Å². The van der Waals surface area contributed by atoms with Crippen LogP contribution in [0.25, 0.3) is 11.3 Å². The Morgan fingerprint density at radius 1 is 1.18 bits per heavy atom. The zero-order valence-corrected chi connectivity index (χ0v) is 21.2. The van der Waals surface area contributed by atoms with Crippen molar-refractivity contribution < 1.29 is 23.5 Å². The normalized spacial score (nSPS) is 21.5. The van der Waals surface area contributed by atoms with Gasteiger partial charge in [0, 0.05) is 31.0 Å². The molecule has 3 aromatic rings. The molecule has 38 heavy (non-hydrogen) atoms. The number of carbonyl (C=O) groups excluding carboxylic acids is 1. The number of anilines is 1. The number of nitrogens with two attached hydrogens (primary N) is 1. The Balaban J connectivity index is 1.51. The molecule has 11 nitrogen and oxygen atoms in total. The molecule has 198 valence electrons. The Labute approximate surface area is 218 Å². The SMILES string of the molecule is COC(=O)C1CC(ON=C2N[C@@H](c3ccc(F)cc3-c3cccc(OC)n3)Cc3nc(N)nc(C)c32)CN1. The van der Waals surface area contributed by atoms with Gasteiger partial charge in [0.1, 0.15) is 18.0 Å². The van der Waals surface area contributed by atoms with Gasteiger partial charge in [-0.05, 0) is 30.7 Å². The van der Waals surface area contributed by atoms with Crippen molar-refractivity contribution in [3.8, 4) is 17.1 Å². The van der Waals surface area contributed by atoms with Crippen molar-refractivity contribution in [1.82, 2.24) is 25.6 Å². The maximum absolute atomic E-state index is 14.4. The summed E-state index contributed by atoms with van der Waals surface area (Å²) in [5, 5.41) is 10.9. The fourth-order valence-corrected chi connectivity index (χ4v) is 4.82. The number of nitrogen functional groups attached to an aromatic ring is 1. The number of fused-ring (bicyclic) bond motifs is 1. The molecule has 0 radical (unpaired) electrons. The number of hydrogen-bond donors (Lipinski definition) is 3. The lowest BCUT2D eigenvalue weighted by molar-refractivity contribution is -0.142. The molecule has 4 heterocycles. The van der Waals surface area contributed by atoms with Gasteiger partial charge in [-0.2, -0.15) is 0 Å². The highest BCUT2D eigenvalue weighted by Crippen LogP contribution is 2.34. The number of aromatic nitrogens is 3. The standard InChI is InChI=1S/C26H28FN7O4/c1-13-23-20(33-26(28)30-13)11-19(32-24(23)34-38-15-10-21(29-12-15)25(35)37-3)16-8-7-14(27)9-17(16)18-5-4-6-22(31-18)36-2/h4-9,15,19,21,29H,10-12H2,1-3H3,(H,32,34)(H2,28,30,33)/t15?,19-,21?/m1/s1. The number of amidine groups is 1. The fraction of sp³-hybridized carbons (Fsp3) is 0.346. The van der Waals surface area contributed by atoms with Gasteiger partial charge in [0.15, 0.2) is 5.84 Å². The lowest BCUT2D eigenvalue weighted by Crippen LogP contribution is -2.38. The summed E-state index contributed by atoms with van der Waals surface area (Å²) in [5.74, 6) is 0.251. The van der Waals surface area contributed by atoms with E-state index in [9.17, 15) is 9.18 Å². The topological polar surface area (TPSA) is 146 Å². The minimum Gasteiger partial charge on any atom is -0.481 e. The number of rotatable bonds is 6. The molecule has 1 fully saturated rings. The second-order valence-corrected chi connectivity index (χ2v) is 9.07. The molecule has 0 spiro atoms. The number of oxime groups is 1. The van der Waals surface area contributed by atoms with Gasteiger partial charge < -0.3 is 30.7 Å². The molecule has 0 aliphatic carbocycles. The second-order valence-electron chi connectivity index (χ2n) is 9.07. The van der Waals surface area contributed by atoms with E-state index in [-0.39, 0.29) is 24.1 Å². The molecular formula is C26H28FN7O4. The zero-order chi connectivity index (χ0) is 26.8. The maximum Gasteiger partial charge on any atom is 0.323 e. The van der Waals surface area contributed by atoms with Gasteiger partial charge in [-0.3, -0.25) is 4.79 Å². The van der Waals surface area contributed by atoms with Crippen LogP contribution in [-0.2, 0) is 20.8 Å². The molecule has 1 aromatic carbocycles. The molecule has 0 bridgehead atoms. The van der Waals surface area contributed by atoms with Crippen molar-refractivity contribution in [3.63, 3.8) is 0 Å². The number of pyridine rings is 1. The molecule has 0 saturated carbocycles. The summed E-state index contributed by atoms with van der Waals surface area (Å²) in [6, 6.07) is 9.08. The molecule has 0 amide bonds. The highest BCUT2D eigenvalue weighted by molar-refractivity contribution is 6.01. The van der Waals surface area contributed by atoms with E-state index < -0.39 is 11.9 Å². The molecular weight excluding hydrogens is 493 g/mol. The minimum absolute atomic E-state index is 0.150. The van der Waals surface area contributed by atoms with E-state index in [0.29, 0.717) is 59.3 Å². The van der Waals surface area contributed by atoms with Gasteiger partial charge in [-0.1, -0.05) is 17.3 Å². The Morgan fingerprint density at radius 3 is 2.82 bits per heavy atom. The first-order valence-corrected chi connectivity index (χ1v) is 12.1. The van der Waals surface area contributed by atoms with Crippen LogP contribution in [-0.4, -0.2) is 59.7 Å². The third-order valence-corrected chi connectivity index (χ3v) is 6.60. The van der Waals surface area contributed by atoms with Crippen molar-refractivity contribution in [3.05, 3.63) is 64.7 Å². The number of ether oxygens (including phenoxy) is 2. The number of nitrogens with one attached hydrogen (secondary N) is 2. The van der Waals surface area contributed by atoms with Crippen LogP contribution in [0, 0.1) is 12.7 Å². The number of aryl methyl sites for hydroxylation is 1. The van der Waals surface area contributed by atoms with E-state index >= 15 is 0 Å². The Bertz CT molecular complexity index is 1400. The lowest BCUT2D eigenvalue weighted by Gasteiger charge is -2.29. The third-order valence-electron chi connectivity index (χ3n) is 6.60. The van der Waals surface area contributed by atoms with Crippen LogP contribution in [0.1, 0.15) is 35.0 Å². The predicted octanol–water partition coefficient (Wildman–Crippen LogP) is 2.05. The van der Waals surface area contributed by atoms with Crippen molar-refractivity contribution in [2.45, 2.75) is 38.0 Å². The smallest absolute Gasteiger partial charge is 0.323 e. The largest absolute Gasteiger partial charge is 0.481 e. The summed E-state index contributed by atoms with van der Waals surface area (Å²) in [7, 11) is 2.88. The molecule has 2 aliphatic heterocycles. The van der Waals surface area contributed by atoms with Crippen LogP contribution in [0.4, 0.5) is 10.3 Å². The second kappa shape index (κ2) is 10.6. The Morgan fingerprint density at radius 2 is 2.03 bits per heavy atom.